The Hall–Kier alpha value is -11.0. The summed E-state index contributed by atoms with van der Waals surface area (Å²) in [4.78, 5) is 79.4. The molecule has 0 bridgehead atoms. The summed E-state index contributed by atoms with van der Waals surface area (Å²) in [7, 11) is -7.27. The number of nitrogens with zero attached hydrogens (tertiary/aromatic N) is 10. The van der Waals surface area contributed by atoms with Gasteiger partial charge in [-0.1, -0.05) is 107 Å². The first-order valence-corrected chi connectivity index (χ1v) is 46.7. The fraction of sp³-hybridized carbons (Fsp3) is 0.404. The Morgan fingerprint density at radius 3 is 1.39 bits per heavy atom. The number of pyridine rings is 2. The zero-order valence-electron chi connectivity index (χ0n) is 72.1. The minimum atomic E-state index is -4.62. The van der Waals surface area contributed by atoms with Crippen molar-refractivity contribution in [3.05, 3.63) is 233 Å². The molecular weight excluding hydrogens is 1680 g/mol. The molecule has 2 aliphatic carbocycles. The van der Waals surface area contributed by atoms with Gasteiger partial charge in [0.15, 0.2) is 0 Å². The van der Waals surface area contributed by atoms with Crippen LogP contribution in [0.3, 0.4) is 0 Å². The minimum Gasteiger partial charge on any atom is -0.493 e. The van der Waals surface area contributed by atoms with E-state index in [9.17, 15) is 46.7 Å². The van der Waals surface area contributed by atoms with Gasteiger partial charge in [0, 0.05) is 184 Å². The quantitative estimate of drug-likeness (QED) is 0.0305. The summed E-state index contributed by atoms with van der Waals surface area (Å²) in [6, 6.07) is 38.3. The number of halogens is 2. The Balaban J connectivity index is 0.000000186. The fourth-order valence-electron chi connectivity index (χ4n) is 18.5. The van der Waals surface area contributed by atoms with Crippen molar-refractivity contribution >= 4 is 111 Å². The van der Waals surface area contributed by atoms with Gasteiger partial charge in [-0.3, -0.25) is 39.6 Å². The smallest absolute Gasteiger partial charge is 0.277 e. The summed E-state index contributed by atoms with van der Waals surface area (Å²) in [6.07, 6.45) is 13.7. The van der Waals surface area contributed by atoms with Gasteiger partial charge in [0.2, 0.25) is 0 Å². The number of carbonyl (C=O) groups excluding carboxylic acids is 2. The van der Waals surface area contributed by atoms with Crippen molar-refractivity contribution in [2.24, 2.45) is 28.1 Å². The minimum absolute atomic E-state index is 0.00673. The van der Waals surface area contributed by atoms with E-state index in [2.05, 4.69) is 125 Å². The molecule has 9 heterocycles. The zero-order chi connectivity index (χ0) is 88.7. The third kappa shape index (κ3) is 20.5. The van der Waals surface area contributed by atoms with Crippen LogP contribution in [0.2, 0.25) is 10.0 Å². The van der Waals surface area contributed by atoms with E-state index >= 15 is 0 Å². The lowest BCUT2D eigenvalue weighted by atomic mass is 9.72. The standard InChI is InChI=1S/C48H54ClN7O7S.C46H52ClN7O7S/c1-47(2)13-11-34(41(24-47)32-5-7-35(49)8-6-32)27-53-15-17-55(18-16-53)36-9-10-39(44(21-36)63-37-20-33-12-14-50-45(33)51-25-37)46(57)52-64(60,61)38-22-42(56(58)59)40-19-31(28-62-43(40)23-38)26-54-29-48(3,4)30-54;1-5-51(4)27-30-20-39-41(54(56)57)23-37(24-42(39)60-29-30)62(58,59)50-45(55)38-11-10-35(22-43(38)61-36-21-32-13-15-48-44(32)49-26-36)53-18-16-52(17-19-53)28-33-12-14-46(2,3)25-40(33)31-6-8-34(47)9-7-31/h5-10,12,14,20-23,25,31H,11,13,15-19,24,26-30H2,1-4H3,(H,50,51)(H,52,57);6-11,13,15,21-24,26,30H,5,12,14,16-20,25,27-29H2,1-4H3,(H,48,49)(H,50,55)/t31-;30-/m10/s1. The first-order valence-electron chi connectivity index (χ1n) is 42.9. The zero-order valence-corrected chi connectivity index (χ0v) is 75.2. The summed E-state index contributed by atoms with van der Waals surface area (Å²) < 4.78 is 84.4. The molecule has 32 heteroatoms. The number of ether oxygens (including phenoxy) is 4. The van der Waals surface area contributed by atoms with Gasteiger partial charge in [-0.05, 0) is 176 Å². The number of amides is 2. The average molecular weight is 1790 g/mol. The second-order valence-electron chi connectivity index (χ2n) is 36.8. The molecule has 126 heavy (non-hydrogen) atoms. The van der Waals surface area contributed by atoms with E-state index in [4.69, 9.17) is 42.1 Å². The number of H-pyrrole nitrogens is 2. The highest BCUT2D eigenvalue weighted by Gasteiger charge is 2.40. The largest absolute Gasteiger partial charge is 0.493 e. The second kappa shape index (κ2) is 36.4. The van der Waals surface area contributed by atoms with Crippen LogP contribution in [0.1, 0.15) is 130 Å². The van der Waals surface area contributed by atoms with E-state index in [0.717, 1.165) is 174 Å². The fourth-order valence-corrected chi connectivity index (χ4v) is 20.8. The highest BCUT2D eigenvalue weighted by Crippen LogP contribution is 2.48. The van der Waals surface area contributed by atoms with Crippen LogP contribution in [0.4, 0.5) is 22.7 Å². The third-order valence-electron chi connectivity index (χ3n) is 25.3. The van der Waals surface area contributed by atoms with Gasteiger partial charge in [-0.15, -0.1) is 0 Å². The van der Waals surface area contributed by atoms with Crippen molar-refractivity contribution in [2.45, 2.75) is 110 Å². The van der Waals surface area contributed by atoms with E-state index < -0.39 is 51.5 Å². The maximum absolute atomic E-state index is 14.1. The molecule has 7 aliphatic rings. The lowest BCUT2D eigenvalue weighted by molar-refractivity contribution is -0.386. The molecule has 4 aromatic heterocycles. The first kappa shape index (κ1) is 88.5. The highest BCUT2D eigenvalue weighted by molar-refractivity contribution is 7.90. The summed E-state index contributed by atoms with van der Waals surface area (Å²) in [6.45, 7) is 28.3. The van der Waals surface area contributed by atoms with Crippen LogP contribution in [0.5, 0.6) is 34.5 Å². The van der Waals surface area contributed by atoms with Gasteiger partial charge in [0.25, 0.3) is 43.2 Å². The van der Waals surface area contributed by atoms with Crippen molar-refractivity contribution in [2.75, 3.05) is 128 Å². The number of likely N-dealkylation sites (tertiary alicyclic amines) is 1. The van der Waals surface area contributed by atoms with Gasteiger partial charge in [0.05, 0.1) is 67.5 Å². The Bertz CT molecular complexity index is 6130. The molecule has 662 valence electrons. The first-order chi connectivity index (χ1) is 60.1. The van der Waals surface area contributed by atoms with Gasteiger partial charge in [-0.2, -0.15) is 0 Å². The van der Waals surface area contributed by atoms with Crippen LogP contribution in [-0.4, -0.2) is 196 Å². The molecule has 17 rings (SSSR count). The molecule has 0 unspecified atom stereocenters. The third-order valence-corrected chi connectivity index (χ3v) is 28.5. The van der Waals surface area contributed by atoms with Crippen LogP contribution in [0.25, 0.3) is 33.2 Å². The molecule has 3 fully saturated rings. The number of nitro groups is 2. The van der Waals surface area contributed by atoms with E-state index in [1.807, 2.05) is 50.4 Å². The summed E-state index contributed by atoms with van der Waals surface area (Å²) in [5.74, 6) is -0.709. The summed E-state index contributed by atoms with van der Waals surface area (Å²) in [5.41, 5.74) is 11.7. The Labute approximate surface area is 744 Å². The topological polar surface area (TPSA) is 326 Å². The van der Waals surface area contributed by atoms with Crippen molar-refractivity contribution < 1.29 is 55.2 Å². The summed E-state index contributed by atoms with van der Waals surface area (Å²) >= 11 is 12.5. The normalized spacial score (nSPS) is 19.1. The number of anilines is 2. The van der Waals surface area contributed by atoms with Crippen LogP contribution in [0, 0.1) is 48.3 Å². The number of fused-ring (bicyclic) bond motifs is 4. The van der Waals surface area contributed by atoms with E-state index in [1.54, 1.807) is 60.9 Å². The predicted octanol–water partition coefficient (Wildman–Crippen LogP) is 17.0. The van der Waals surface area contributed by atoms with Gasteiger partial charge in [0.1, 0.15) is 45.8 Å². The number of aromatic nitrogens is 4. The number of aromatic amines is 2. The van der Waals surface area contributed by atoms with Crippen LogP contribution >= 0.6 is 23.2 Å². The van der Waals surface area contributed by atoms with Crippen molar-refractivity contribution in [1.82, 2.24) is 49.0 Å². The number of allylic oxidation sites excluding steroid dienone is 2. The molecule has 28 nitrogen and oxygen atoms in total. The molecule has 4 N–H and O–H groups in total. The molecule has 2 amide bonds. The maximum atomic E-state index is 14.1. The van der Waals surface area contributed by atoms with Crippen LogP contribution in [-0.2, 0) is 32.9 Å². The Morgan fingerprint density at radius 2 is 0.976 bits per heavy atom. The van der Waals surface area contributed by atoms with E-state index in [1.165, 1.54) is 57.9 Å². The summed E-state index contributed by atoms with van der Waals surface area (Å²) in [5, 5.41) is 27.6. The number of hydrogen-bond acceptors (Lipinski definition) is 22. The highest BCUT2D eigenvalue weighted by atomic mass is 35.5. The molecule has 6 aromatic carbocycles. The molecule has 10 aromatic rings. The maximum Gasteiger partial charge on any atom is 0.277 e. The van der Waals surface area contributed by atoms with Crippen molar-refractivity contribution in [3.8, 4) is 34.5 Å². The predicted molar refractivity (Wildman–Crippen MR) is 489 cm³/mol. The molecule has 0 radical (unpaired) electrons. The lowest BCUT2D eigenvalue weighted by Crippen LogP contribution is -2.55. The number of carbonyl (C=O) groups is 2. The number of rotatable bonds is 25. The molecule has 2 atom stereocenters. The molecular formula is C94H106Cl2N14O14S2. The van der Waals surface area contributed by atoms with Crippen molar-refractivity contribution in [1.29, 1.82) is 0 Å². The lowest BCUT2D eigenvalue weighted by Gasteiger charge is -2.47. The van der Waals surface area contributed by atoms with E-state index in [-0.39, 0.29) is 80.2 Å². The number of nitro benzene ring substituents is 2. The van der Waals surface area contributed by atoms with Gasteiger partial charge < -0.3 is 48.5 Å². The SMILES string of the molecule is CC1(C)CCC(CN2CCN(c3ccc(C(=O)NS(=O)(=O)c4cc5c(c([N+](=O)[O-])c4)C[C@H](CN4CC(C)(C)C4)CO5)c(Oc4cnc5[nH]ccc5c4)c3)CC2)=C(c2ccc(Cl)cc2)C1.CCN(C)C[C@H]1COc2cc(S(=O)(=O)NC(=O)c3ccc(N4CCN(CC5=C(c6ccc(Cl)cc6)CC(C)(C)CC5)CC4)cc3Oc3cnc4[nH]ccc4c3)cc([N+](=O)[O-])c2C1. The number of sulfonamides is 2. The molecule has 3 saturated heterocycles. The Kier molecular flexibility index (Phi) is 25.6. The average Bonchev–Trinajstić information content (AvgIpc) is 0.935. The van der Waals surface area contributed by atoms with Crippen LogP contribution < -0.4 is 38.2 Å². The van der Waals surface area contributed by atoms with Crippen LogP contribution in [0.15, 0.2) is 179 Å². The van der Waals surface area contributed by atoms with Gasteiger partial charge >= 0.3 is 0 Å². The number of benzene rings is 6. The monoisotopic (exact) mass is 1790 g/mol. The number of nitrogens with one attached hydrogen (secondary N) is 4. The van der Waals surface area contributed by atoms with E-state index in [0.29, 0.717) is 59.9 Å². The molecule has 5 aliphatic heterocycles. The molecule has 0 spiro atoms. The second-order valence-corrected chi connectivity index (χ2v) is 41.0. The Morgan fingerprint density at radius 1 is 0.556 bits per heavy atom. The van der Waals surface area contributed by atoms with Crippen molar-refractivity contribution in [3.63, 3.8) is 0 Å². The number of hydrogen-bond donors (Lipinski definition) is 4. The van der Waals surface area contributed by atoms with Gasteiger partial charge in [-0.25, -0.2) is 36.2 Å². The molecule has 0 saturated carbocycles. The number of piperazine rings is 2.